The van der Waals surface area contributed by atoms with Gasteiger partial charge in [-0.2, -0.15) is 13.7 Å². The van der Waals surface area contributed by atoms with Gasteiger partial charge in [0, 0.05) is 5.56 Å². The molecule has 0 N–H and O–H groups in total. The summed E-state index contributed by atoms with van der Waals surface area (Å²) in [6.45, 7) is 0. The van der Waals surface area contributed by atoms with E-state index in [-0.39, 0.29) is 15.5 Å². The van der Waals surface area contributed by atoms with Crippen molar-refractivity contribution in [2.24, 2.45) is 0 Å². The monoisotopic (exact) mass is 213 g/mol. The number of benzene rings is 1. The van der Waals surface area contributed by atoms with Crippen LogP contribution in [-0.2, 0) is 10.3 Å². The molecular weight excluding hydrogens is 210 g/mol. The molecule has 3 nitrogen and oxygen atoms in total. The highest BCUT2D eigenvalue weighted by Gasteiger charge is 2.07. The second-order valence-electron chi connectivity index (χ2n) is 2.16. The molecule has 0 unspecified atom stereocenters. The summed E-state index contributed by atoms with van der Waals surface area (Å²) < 4.78 is 21.1. The average molecular weight is 214 g/mol. The van der Waals surface area contributed by atoms with Gasteiger partial charge in [0.2, 0.25) is 10.3 Å². The first-order valence-corrected chi connectivity index (χ1v) is 4.73. The third-order valence-electron chi connectivity index (χ3n) is 1.39. The molecule has 0 spiro atoms. The molecule has 0 atom stereocenters. The van der Waals surface area contributed by atoms with E-state index in [1.54, 1.807) is 18.2 Å². The maximum Gasteiger partial charge on any atom is 0.232 e. The Morgan fingerprint density at radius 3 is 2.46 bits per heavy atom. The summed E-state index contributed by atoms with van der Waals surface area (Å²) in [6.07, 6.45) is 0. The number of hydrogen-bond donors (Lipinski definition) is 0. The normalized spacial score (nSPS) is 8.92. The number of hydrogen-bond acceptors (Lipinski definition) is 3. The van der Waals surface area contributed by atoms with Crippen LogP contribution in [0.3, 0.4) is 0 Å². The van der Waals surface area contributed by atoms with Crippen molar-refractivity contribution in [2.75, 3.05) is 0 Å². The van der Waals surface area contributed by atoms with Crippen LogP contribution in [0.25, 0.3) is 0 Å². The molecule has 0 aliphatic carbocycles. The largest absolute Gasteiger partial charge is 0.232 e. The number of nitrogens with zero attached hydrogens (tertiary/aromatic N) is 1. The first kappa shape index (κ1) is 9.78. The number of nitriles is 1. The van der Waals surface area contributed by atoms with Crippen LogP contribution < -0.4 is 0 Å². The summed E-state index contributed by atoms with van der Waals surface area (Å²) in [5, 5.41) is 8.79. The van der Waals surface area contributed by atoms with Gasteiger partial charge in [-0.05, 0) is 6.07 Å². The fourth-order valence-corrected chi connectivity index (χ4v) is 1.55. The second kappa shape index (κ2) is 4.08. The van der Waals surface area contributed by atoms with Crippen LogP contribution in [0.15, 0.2) is 24.3 Å². The minimum Gasteiger partial charge on any atom is -0.191 e. The van der Waals surface area contributed by atoms with Crippen molar-refractivity contribution >= 4 is 26.8 Å². The van der Waals surface area contributed by atoms with Gasteiger partial charge in [0.05, 0.1) is 5.02 Å². The predicted molar refractivity (Wildman–Crippen MR) is 50.1 cm³/mol. The van der Waals surface area contributed by atoms with E-state index in [1.165, 1.54) is 12.1 Å². The highest BCUT2D eigenvalue weighted by Crippen LogP contribution is 2.14. The van der Waals surface area contributed by atoms with Gasteiger partial charge in [-0.25, -0.2) is 0 Å². The molecule has 0 aromatic heterocycles. The van der Waals surface area contributed by atoms with E-state index < -0.39 is 10.3 Å². The van der Waals surface area contributed by atoms with E-state index >= 15 is 0 Å². The van der Waals surface area contributed by atoms with Crippen molar-refractivity contribution in [1.29, 1.82) is 5.26 Å². The van der Waals surface area contributed by atoms with Crippen LogP contribution in [0.4, 0.5) is 0 Å². The van der Waals surface area contributed by atoms with Crippen LogP contribution in [0.1, 0.15) is 5.56 Å². The standard InChI is InChI=1S/C8H4ClNO2S/c9-7-4-2-1-3-6(7)8(5-10)13(11)12/h1-4H. The number of halogens is 1. The van der Waals surface area contributed by atoms with Crippen molar-refractivity contribution in [3.8, 4) is 6.07 Å². The van der Waals surface area contributed by atoms with Gasteiger partial charge in [0.15, 0.2) is 4.86 Å². The van der Waals surface area contributed by atoms with Gasteiger partial charge in [0.25, 0.3) is 0 Å². The lowest BCUT2D eigenvalue weighted by Crippen LogP contribution is -1.98. The van der Waals surface area contributed by atoms with Gasteiger partial charge in [-0.15, -0.1) is 0 Å². The van der Waals surface area contributed by atoms with Crippen molar-refractivity contribution in [3.63, 3.8) is 0 Å². The fourth-order valence-electron chi connectivity index (χ4n) is 0.833. The Hall–Kier alpha value is -1.31. The van der Waals surface area contributed by atoms with E-state index in [4.69, 9.17) is 16.9 Å². The Morgan fingerprint density at radius 2 is 2.00 bits per heavy atom. The third kappa shape index (κ3) is 2.08. The zero-order chi connectivity index (χ0) is 9.84. The molecule has 0 saturated carbocycles. The molecule has 5 heteroatoms. The van der Waals surface area contributed by atoms with E-state index in [2.05, 4.69) is 0 Å². The molecule has 1 aromatic carbocycles. The zero-order valence-corrected chi connectivity index (χ0v) is 7.93. The second-order valence-corrected chi connectivity index (χ2v) is 3.44. The van der Waals surface area contributed by atoms with E-state index in [9.17, 15) is 8.42 Å². The van der Waals surface area contributed by atoms with Gasteiger partial charge >= 0.3 is 0 Å². The van der Waals surface area contributed by atoms with Gasteiger partial charge < -0.3 is 0 Å². The molecular formula is C8H4ClNO2S. The average Bonchev–Trinajstić information content (AvgIpc) is 2.09. The maximum absolute atomic E-state index is 10.6. The molecule has 13 heavy (non-hydrogen) atoms. The van der Waals surface area contributed by atoms with Gasteiger partial charge in [-0.3, -0.25) is 0 Å². The molecule has 0 fully saturated rings. The van der Waals surface area contributed by atoms with E-state index in [1.807, 2.05) is 0 Å². The Balaban J connectivity index is 3.50. The van der Waals surface area contributed by atoms with E-state index in [0.717, 1.165) is 0 Å². The van der Waals surface area contributed by atoms with Crippen LogP contribution in [0.2, 0.25) is 5.02 Å². The first-order chi connectivity index (χ1) is 6.16. The fraction of sp³-hybridized carbons (Fsp3) is 0. The highest BCUT2D eigenvalue weighted by molar-refractivity contribution is 7.74. The topological polar surface area (TPSA) is 57.9 Å². The molecule has 0 bridgehead atoms. The molecule has 1 aromatic rings. The van der Waals surface area contributed by atoms with Crippen molar-refractivity contribution in [2.45, 2.75) is 0 Å². The van der Waals surface area contributed by atoms with Crippen LogP contribution in [0.5, 0.6) is 0 Å². The summed E-state index contributed by atoms with van der Waals surface area (Å²) in [5.41, 5.74) is 0.236. The minimum absolute atomic E-state index is 0.236. The summed E-state index contributed by atoms with van der Waals surface area (Å²) >= 11 is 5.70. The summed E-state index contributed by atoms with van der Waals surface area (Å²) in [6, 6.07) is 7.87. The molecule has 0 heterocycles. The van der Waals surface area contributed by atoms with Gasteiger partial charge in [-0.1, -0.05) is 29.8 Å². The van der Waals surface area contributed by atoms with Crippen LogP contribution >= 0.6 is 11.6 Å². The molecule has 66 valence electrons. The van der Waals surface area contributed by atoms with E-state index in [0.29, 0.717) is 0 Å². The van der Waals surface area contributed by atoms with Crippen molar-refractivity contribution < 1.29 is 8.42 Å². The molecule has 0 radical (unpaired) electrons. The molecule has 1 rings (SSSR count). The zero-order valence-electron chi connectivity index (χ0n) is 6.36. The highest BCUT2D eigenvalue weighted by atomic mass is 35.5. The van der Waals surface area contributed by atoms with Crippen LogP contribution in [-0.4, -0.2) is 13.3 Å². The SMILES string of the molecule is N#CC(c1ccccc1Cl)=S(=O)=O. The Labute approximate surface area is 81.7 Å². The lowest BCUT2D eigenvalue weighted by Gasteiger charge is -1.96. The third-order valence-corrected chi connectivity index (χ3v) is 2.36. The quantitative estimate of drug-likeness (QED) is 0.521. The molecule has 0 aliphatic heterocycles. The molecule has 0 saturated heterocycles. The molecule has 0 aliphatic rings. The Bertz CT molecular complexity index is 491. The summed E-state index contributed by atoms with van der Waals surface area (Å²) in [7, 11) is -2.54. The lowest BCUT2D eigenvalue weighted by molar-refractivity contribution is 0.627. The van der Waals surface area contributed by atoms with Crippen LogP contribution in [0, 0.1) is 11.3 Å². The minimum atomic E-state index is -2.54. The summed E-state index contributed by atoms with van der Waals surface area (Å²) in [4.78, 5) is -0.342. The first-order valence-electron chi connectivity index (χ1n) is 3.28. The summed E-state index contributed by atoms with van der Waals surface area (Å²) in [5.74, 6) is 0. The Morgan fingerprint density at radius 1 is 1.38 bits per heavy atom. The van der Waals surface area contributed by atoms with Gasteiger partial charge in [0.1, 0.15) is 6.07 Å². The van der Waals surface area contributed by atoms with Crippen molar-refractivity contribution in [1.82, 2.24) is 0 Å². The Kier molecular flexibility index (Phi) is 3.07. The lowest BCUT2D eigenvalue weighted by atomic mass is 10.2. The maximum atomic E-state index is 10.6. The smallest absolute Gasteiger partial charge is 0.191 e. The van der Waals surface area contributed by atoms with Crippen molar-refractivity contribution in [3.05, 3.63) is 34.9 Å². The number of rotatable bonds is 1. The molecule has 0 amide bonds. The predicted octanol–water partition coefficient (Wildman–Crippen LogP) is 1.26.